The number of amides is 1. The number of rotatable bonds is 3. The maximum absolute atomic E-state index is 11.8. The summed E-state index contributed by atoms with van der Waals surface area (Å²) in [5.41, 5.74) is 0.972. The van der Waals surface area contributed by atoms with Crippen LogP contribution in [0.5, 0.6) is 0 Å². The van der Waals surface area contributed by atoms with Gasteiger partial charge in [0.25, 0.3) is 0 Å². The lowest BCUT2D eigenvalue weighted by molar-refractivity contribution is -0.141. The van der Waals surface area contributed by atoms with E-state index in [0.717, 1.165) is 5.56 Å². The number of pyridine rings is 1. The number of hydrogen-bond acceptors (Lipinski definition) is 3. The summed E-state index contributed by atoms with van der Waals surface area (Å²) in [6.45, 7) is 2.19. The second-order valence-electron chi connectivity index (χ2n) is 4.24. The second kappa shape index (κ2) is 4.53. The first kappa shape index (κ1) is 11.6. The summed E-state index contributed by atoms with van der Waals surface area (Å²) < 4.78 is 0. The van der Waals surface area contributed by atoms with E-state index in [2.05, 4.69) is 4.98 Å². The van der Waals surface area contributed by atoms with Crippen molar-refractivity contribution >= 4 is 11.9 Å². The first-order valence-electron chi connectivity index (χ1n) is 5.52. The molecule has 0 aliphatic carbocycles. The average Bonchev–Trinajstić information content (AvgIpc) is 2.72. The van der Waals surface area contributed by atoms with Gasteiger partial charge in [-0.1, -0.05) is 0 Å². The van der Waals surface area contributed by atoms with Crippen LogP contribution >= 0.6 is 0 Å². The summed E-state index contributed by atoms with van der Waals surface area (Å²) in [7, 11) is 0. The van der Waals surface area contributed by atoms with Gasteiger partial charge in [-0.3, -0.25) is 14.6 Å². The Hall–Kier alpha value is -1.91. The van der Waals surface area contributed by atoms with Crippen LogP contribution in [-0.2, 0) is 9.59 Å². The predicted molar refractivity (Wildman–Crippen MR) is 60.1 cm³/mol. The van der Waals surface area contributed by atoms with Crippen molar-refractivity contribution in [3.8, 4) is 0 Å². The summed E-state index contributed by atoms with van der Waals surface area (Å²) in [5.74, 6) is -1.57. The molecule has 1 aliphatic heterocycles. The monoisotopic (exact) mass is 234 g/mol. The van der Waals surface area contributed by atoms with Crippen molar-refractivity contribution in [2.45, 2.75) is 19.4 Å². The fraction of sp³-hybridized carbons (Fsp3) is 0.417. The highest BCUT2D eigenvalue weighted by atomic mass is 16.4. The lowest BCUT2D eigenvalue weighted by Gasteiger charge is -2.24. The van der Waals surface area contributed by atoms with E-state index in [1.165, 1.54) is 0 Å². The molecule has 0 radical (unpaired) electrons. The van der Waals surface area contributed by atoms with Gasteiger partial charge in [0.15, 0.2) is 0 Å². The van der Waals surface area contributed by atoms with Gasteiger partial charge in [-0.25, -0.2) is 0 Å². The van der Waals surface area contributed by atoms with Gasteiger partial charge in [-0.2, -0.15) is 0 Å². The molecule has 1 aromatic rings. The Morgan fingerprint density at radius 3 is 2.71 bits per heavy atom. The van der Waals surface area contributed by atoms with Crippen LogP contribution in [0.1, 0.15) is 24.9 Å². The van der Waals surface area contributed by atoms with Crippen LogP contribution in [-0.4, -0.2) is 33.4 Å². The molecule has 1 aromatic heterocycles. The summed E-state index contributed by atoms with van der Waals surface area (Å²) >= 11 is 0. The SMILES string of the molecule is C[C@@H](c1ccncc1)N1C[C@H](C(=O)O)CC1=O. The van der Waals surface area contributed by atoms with Gasteiger partial charge in [0.05, 0.1) is 12.0 Å². The molecule has 1 saturated heterocycles. The highest BCUT2D eigenvalue weighted by Gasteiger charge is 2.36. The van der Waals surface area contributed by atoms with Crippen LogP contribution in [0.3, 0.4) is 0 Å². The van der Waals surface area contributed by atoms with Gasteiger partial charge in [0.2, 0.25) is 5.91 Å². The quantitative estimate of drug-likeness (QED) is 0.849. The Labute approximate surface area is 99.1 Å². The van der Waals surface area contributed by atoms with E-state index < -0.39 is 11.9 Å². The Morgan fingerprint density at radius 2 is 2.18 bits per heavy atom. The Kier molecular flexibility index (Phi) is 3.08. The molecule has 5 heteroatoms. The van der Waals surface area contributed by atoms with Gasteiger partial charge >= 0.3 is 5.97 Å². The summed E-state index contributed by atoms with van der Waals surface area (Å²) in [6, 6.07) is 3.58. The number of carboxylic acid groups (broad SMARTS) is 1. The van der Waals surface area contributed by atoms with Crippen molar-refractivity contribution in [1.82, 2.24) is 9.88 Å². The third-order valence-corrected chi connectivity index (χ3v) is 3.16. The Bertz CT molecular complexity index is 433. The molecule has 0 bridgehead atoms. The van der Waals surface area contributed by atoms with Gasteiger partial charge in [0, 0.05) is 25.4 Å². The Morgan fingerprint density at radius 1 is 1.53 bits per heavy atom. The van der Waals surface area contributed by atoms with E-state index in [1.54, 1.807) is 17.3 Å². The van der Waals surface area contributed by atoms with E-state index in [1.807, 2.05) is 19.1 Å². The van der Waals surface area contributed by atoms with E-state index >= 15 is 0 Å². The van der Waals surface area contributed by atoms with Crippen molar-refractivity contribution < 1.29 is 14.7 Å². The van der Waals surface area contributed by atoms with Crippen molar-refractivity contribution in [2.75, 3.05) is 6.54 Å². The summed E-state index contributed by atoms with van der Waals surface area (Å²) in [4.78, 5) is 28.2. The fourth-order valence-electron chi connectivity index (χ4n) is 2.09. The topological polar surface area (TPSA) is 70.5 Å². The number of nitrogens with zero attached hydrogens (tertiary/aromatic N) is 2. The van der Waals surface area contributed by atoms with E-state index in [4.69, 9.17) is 5.11 Å². The summed E-state index contributed by atoms with van der Waals surface area (Å²) in [5, 5.41) is 8.91. The molecular formula is C12H14N2O3. The normalized spacial score (nSPS) is 21.6. The smallest absolute Gasteiger partial charge is 0.308 e. The molecule has 17 heavy (non-hydrogen) atoms. The van der Waals surface area contributed by atoms with Crippen LogP contribution in [0.15, 0.2) is 24.5 Å². The molecule has 2 atom stereocenters. The van der Waals surface area contributed by atoms with Crippen molar-refractivity contribution in [3.05, 3.63) is 30.1 Å². The van der Waals surface area contributed by atoms with Gasteiger partial charge in [-0.05, 0) is 24.6 Å². The number of carbonyl (C=O) groups is 2. The number of hydrogen-bond donors (Lipinski definition) is 1. The molecule has 0 unspecified atom stereocenters. The third-order valence-electron chi connectivity index (χ3n) is 3.16. The lowest BCUT2D eigenvalue weighted by atomic mass is 10.1. The average molecular weight is 234 g/mol. The second-order valence-corrected chi connectivity index (χ2v) is 4.24. The molecule has 1 N–H and O–H groups in total. The number of likely N-dealkylation sites (tertiary alicyclic amines) is 1. The van der Waals surface area contributed by atoms with Gasteiger partial charge < -0.3 is 10.0 Å². The molecule has 0 aromatic carbocycles. The summed E-state index contributed by atoms with van der Waals surface area (Å²) in [6.07, 6.45) is 3.44. The first-order chi connectivity index (χ1) is 8.09. The van der Waals surface area contributed by atoms with Gasteiger partial charge in [0.1, 0.15) is 0 Å². The zero-order valence-electron chi connectivity index (χ0n) is 9.54. The fourth-order valence-corrected chi connectivity index (χ4v) is 2.09. The van der Waals surface area contributed by atoms with Crippen molar-refractivity contribution in [3.63, 3.8) is 0 Å². The maximum atomic E-state index is 11.8. The van der Waals surface area contributed by atoms with E-state index in [-0.39, 0.29) is 24.9 Å². The van der Waals surface area contributed by atoms with Crippen LogP contribution in [0.2, 0.25) is 0 Å². The number of carboxylic acids is 1. The molecule has 1 amide bonds. The van der Waals surface area contributed by atoms with Crippen LogP contribution in [0.25, 0.3) is 0 Å². The van der Waals surface area contributed by atoms with Crippen LogP contribution in [0, 0.1) is 5.92 Å². The first-order valence-corrected chi connectivity index (χ1v) is 5.52. The third kappa shape index (κ3) is 2.27. The highest BCUT2D eigenvalue weighted by Crippen LogP contribution is 2.28. The van der Waals surface area contributed by atoms with E-state index in [0.29, 0.717) is 0 Å². The minimum atomic E-state index is -0.900. The minimum Gasteiger partial charge on any atom is -0.481 e. The molecular weight excluding hydrogens is 220 g/mol. The number of aromatic nitrogens is 1. The van der Waals surface area contributed by atoms with Gasteiger partial charge in [-0.15, -0.1) is 0 Å². The molecule has 1 aliphatic rings. The molecule has 0 spiro atoms. The molecule has 5 nitrogen and oxygen atoms in total. The largest absolute Gasteiger partial charge is 0.481 e. The Balaban J connectivity index is 2.14. The zero-order chi connectivity index (χ0) is 12.4. The number of aliphatic carboxylic acids is 1. The van der Waals surface area contributed by atoms with Crippen LogP contribution < -0.4 is 0 Å². The van der Waals surface area contributed by atoms with Crippen molar-refractivity contribution in [2.24, 2.45) is 5.92 Å². The molecule has 1 fully saturated rings. The lowest BCUT2D eigenvalue weighted by Crippen LogP contribution is -2.29. The zero-order valence-corrected chi connectivity index (χ0v) is 9.54. The highest BCUT2D eigenvalue weighted by molar-refractivity contribution is 5.86. The van der Waals surface area contributed by atoms with E-state index in [9.17, 15) is 9.59 Å². The molecule has 2 rings (SSSR count). The number of carbonyl (C=O) groups excluding carboxylic acids is 1. The standard InChI is InChI=1S/C12H14N2O3/c1-8(9-2-4-13-5-3-9)14-7-10(12(16)17)6-11(14)15/h2-5,8,10H,6-7H2,1H3,(H,16,17)/t8-,10+/m0/s1. The van der Waals surface area contributed by atoms with Crippen LogP contribution in [0.4, 0.5) is 0 Å². The predicted octanol–water partition coefficient (Wildman–Crippen LogP) is 1.08. The van der Waals surface area contributed by atoms with Crippen molar-refractivity contribution in [1.29, 1.82) is 0 Å². The molecule has 2 heterocycles. The molecule has 0 saturated carbocycles. The minimum absolute atomic E-state index is 0.0956. The molecule has 90 valence electrons. The maximum Gasteiger partial charge on any atom is 0.308 e.